The molecular weight excluding hydrogens is 667 g/mol. The van der Waals surface area contributed by atoms with Gasteiger partial charge in [0.2, 0.25) is 0 Å². The van der Waals surface area contributed by atoms with Gasteiger partial charge in [-0.3, -0.25) is 0 Å². The minimum Gasteiger partial charge on any atom is -0.455 e. The summed E-state index contributed by atoms with van der Waals surface area (Å²) in [6.07, 6.45) is 0. The van der Waals surface area contributed by atoms with Crippen LogP contribution in [0.3, 0.4) is 0 Å². The first-order valence-corrected chi connectivity index (χ1v) is 19.1. The van der Waals surface area contributed by atoms with Gasteiger partial charge in [-0.05, 0) is 86.1 Å². The van der Waals surface area contributed by atoms with Crippen LogP contribution in [0.1, 0.15) is 25.0 Å². The van der Waals surface area contributed by atoms with Crippen molar-refractivity contribution in [1.29, 1.82) is 0 Å². The van der Waals surface area contributed by atoms with E-state index in [2.05, 4.69) is 207 Å². The molecule has 0 atom stereocenters. The van der Waals surface area contributed by atoms with Crippen LogP contribution in [0.2, 0.25) is 0 Å². The van der Waals surface area contributed by atoms with E-state index in [1.54, 1.807) is 0 Å². The Balaban J connectivity index is 1.13. The third kappa shape index (κ3) is 4.74. The van der Waals surface area contributed by atoms with Gasteiger partial charge in [0.1, 0.15) is 11.2 Å². The van der Waals surface area contributed by atoms with Gasteiger partial charge in [0.05, 0.1) is 5.69 Å². The van der Waals surface area contributed by atoms with Crippen molar-refractivity contribution in [3.63, 3.8) is 0 Å². The molecule has 0 bridgehead atoms. The highest BCUT2D eigenvalue weighted by atomic mass is 16.3. The van der Waals surface area contributed by atoms with Crippen molar-refractivity contribution in [2.45, 2.75) is 19.3 Å². The fourth-order valence-electron chi connectivity index (χ4n) is 9.24. The molecule has 0 aliphatic heterocycles. The second-order valence-corrected chi connectivity index (χ2v) is 15.2. The number of para-hydroxylation sites is 2. The van der Waals surface area contributed by atoms with E-state index < -0.39 is 0 Å². The highest BCUT2D eigenvalue weighted by molar-refractivity contribution is 6.22. The van der Waals surface area contributed by atoms with Gasteiger partial charge in [-0.15, -0.1) is 0 Å². The van der Waals surface area contributed by atoms with Crippen LogP contribution >= 0.6 is 0 Å². The second-order valence-electron chi connectivity index (χ2n) is 15.2. The number of hydrogen-bond acceptors (Lipinski definition) is 2. The minimum atomic E-state index is -0.102. The highest BCUT2D eigenvalue weighted by Gasteiger charge is 2.36. The van der Waals surface area contributed by atoms with Crippen LogP contribution in [0.4, 0.5) is 17.1 Å². The molecule has 1 aliphatic carbocycles. The summed E-state index contributed by atoms with van der Waals surface area (Å²) in [7, 11) is 0. The zero-order chi connectivity index (χ0) is 36.7. The maximum atomic E-state index is 6.84. The molecule has 10 aromatic rings. The Morgan fingerprint density at radius 2 is 0.945 bits per heavy atom. The van der Waals surface area contributed by atoms with Crippen molar-refractivity contribution in [2.75, 3.05) is 4.90 Å². The summed E-state index contributed by atoms with van der Waals surface area (Å²) in [5.41, 5.74) is 15.2. The van der Waals surface area contributed by atoms with Crippen LogP contribution in [-0.4, -0.2) is 0 Å². The predicted molar refractivity (Wildman–Crippen MR) is 232 cm³/mol. The molecule has 0 radical (unpaired) electrons. The van der Waals surface area contributed by atoms with E-state index in [0.717, 1.165) is 55.5 Å². The Morgan fingerprint density at radius 1 is 0.364 bits per heavy atom. The molecule has 2 nitrogen and oxygen atoms in total. The largest absolute Gasteiger partial charge is 0.455 e. The Hall–Kier alpha value is -6.90. The summed E-state index contributed by atoms with van der Waals surface area (Å²) in [5.74, 6) is 0. The summed E-state index contributed by atoms with van der Waals surface area (Å²) in [6, 6.07) is 68.3. The Bertz CT molecular complexity index is 3120. The third-order valence-electron chi connectivity index (χ3n) is 11.9. The SMILES string of the molecule is CC1(C)c2ccccc2-c2ccc(N(c3ccccc3)c3ccc(-c4cc5c6cccc(-c7ccccc7)c6oc5c5ccccc45)c4ccccc34)cc21. The fraction of sp³-hybridized carbons (Fsp3) is 0.0566. The van der Waals surface area contributed by atoms with Crippen molar-refractivity contribution >= 4 is 60.5 Å². The molecule has 55 heavy (non-hydrogen) atoms. The summed E-state index contributed by atoms with van der Waals surface area (Å²) >= 11 is 0. The molecule has 0 N–H and O–H groups in total. The van der Waals surface area contributed by atoms with E-state index in [1.807, 2.05) is 0 Å². The van der Waals surface area contributed by atoms with Crippen LogP contribution in [0.5, 0.6) is 0 Å². The van der Waals surface area contributed by atoms with Gasteiger partial charge in [-0.25, -0.2) is 0 Å². The quantitative estimate of drug-likeness (QED) is 0.177. The van der Waals surface area contributed by atoms with Crippen molar-refractivity contribution < 1.29 is 4.42 Å². The first-order valence-electron chi connectivity index (χ1n) is 19.1. The lowest BCUT2D eigenvalue weighted by Gasteiger charge is -2.29. The average molecular weight is 704 g/mol. The predicted octanol–water partition coefficient (Wildman–Crippen LogP) is 15.0. The molecule has 9 aromatic carbocycles. The van der Waals surface area contributed by atoms with Crippen LogP contribution in [0.25, 0.3) is 76.9 Å². The lowest BCUT2D eigenvalue weighted by atomic mass is 9.82. The maximum absolute atomic E-state index is 6.84. The average Bonchev–Trinajstić information content (AvgIpc) is 3.73. The highest BCUT2D eigenvalue weighted by Crippen LogP contribution is 2.52. The van der Waals surface area contributed by atoms with Crippen LogP contribution in [0, 0.1) is 0 Å². The number of anilines is 3. The second kappa shape index (κ2) is 12.1. The number of benzene rings is 9. The lowest BCUT2D eigenvalue weighted by molar-refractivity contribution is 0.660. The molecular formula is C53H37NO. The van der Waals surface area contributed by atoms with Crippen molar-refractivity contribution in [2.24, 2.45) is 0 Å². The van der Waals surface area contributed by atoms with E-state index in [-0.39, 0.29) is 5.41 Å². The lowest BCUT2D eigenvalue weighted by Crippen LogP contribution is -2.16. The van der Waals surface area contributed by atoms with Crippen molar-refractivity contribution in [3.8, 4) is 33.4 Å². The molecule has 260 valence electrons. The topological polar surface area (TPSA) is 16.4 Å². The molecule has 1 heterocycles. The summed E-state index contributed by atoms with van der Waals surface area (Å²) in [4.78, 5) is 2.43. The Morgan fingerprint density at radius 3 is 1.75 bits per heavy atom. The zero-order valence-electron chi connectivity index (χ0n) is 30.8. The number of hydrogen-bond donors (Lipinski definition) is 0. The van der Waals surface area contributed by atoms with Gasteiger partial charge in [-0.2, -0.15) is 0 Å². The van der Waals surface area contributed by atoms with E-state index in [4.69, 9.17) is 4.42 Å². The summed E-state index contributed by atoms with van der Waals surface area (Å²) < 4.78 is 6.84. The molecule has 2 heteroatoms. The van der Waals surface area contributed by atoms with Crippen molar-refractivity contribution in [3.05, 3.63) is 199 Å². The number of furan rings is 1. The van der Waals surface area contributed by atoms with Crippen LogP contribution < -0.4 is 4.90 Å². The van der Waals surface area contributed by atoms with Gasteiger partial charge in [0, 0.05) is 43.9 Å². The first-order chi connectivity index (χ1) is 27.1. The van der Waals surface area contributed by atoms with E-state index in [1.165, 1.54) is 49.5 Å². The monoisotopic (exact) mass is 703 g/mol. The molecule has 0 spiro atoms. The Labute approximate surface area is 320 Å². The smallest absolute Gasteiger partial charge is 0.143 e. The summed E-state index contributed by atoms with van der Waals surface area (Å²) in [6.45, 7) is 4.71. The van der Waals surface area contributed by atoms with E-state index in [0.29, 0.717) is 0 Å². The summed E-state index contributed by atoms with van der Waals surface area (Å²) in [5, 5.41) is 6.94. The van der Waals surface area contributed by atoms with Gasteiger partial charge in [0.25, 0.3) is 0 Å². The molecule has 0 saturated carbocycles. The number of fused-ring (bicyclic) bond motifs is 9. The van der Waals surface area contributed by atoms with Gasteiger partial charge < -0.3 is 9.32 Å². The van der Waals surface area contributed by atoms with Gasteiger partial charge in [-0.1, -0.05) is 166 Å². The molecule has 0 unspecified atom stereocenters. The fourth-order valence-corrected chi connectivity index (χ4v) is 9.24. The molecule has 0 fully saturated rings. The molecule has 0 amide bonds. The van der Waals surface area contributed by atoms with Crippen molar-refractivity contribution in [1.82, 2.24) is 0 Å². The molecule has 1 aromatic heterocycles. The molecule has 0 saturated heterocycles. The first kappa shape index (κ1) is 31.6. The van der Waals surface area contributed by atoms with E-state index in [9.17, 15) is 0 Å². The van der Waals surface area contributed by atoms with E-state index >= 15 is 0 Å². The Kier molecular flexibility index (Phi) is 6.93. The minimum absolute atomic E-state index is 0.102. The zero-order valence-corrected chi connectivity index (χ0v) is 30.8. The molecule has 11 rings (SSSR count). The number of nitrogens with zero attached hydrogens (tertiary/aromatic N) is 1. The van der Waals surface area contributed by atoms with Crippen LogP contribution in [0.15, 0.2) is 192 Å². The standard InChI is InChI=1S/C53H37NO/c1-53(2)48-27-14-13-22-41(48)42-29-28-36(32-49(42)53)54(35-18-7-4-8-19-35)50-31-30-40(38-20-9-11-23-43(38)50)46-33-47-45-26-15-25-37(34-16-5-3-6-17-34)51(45)55-52(47)44-24-12-10-21-39(44)46/h3-33H,1-2H3. The van der Waals surface area contributed by atoms with Gasteiger partial charge in [0.15, 0.2) is 0 Å². The maximum Gasteiger partial charge on any atom is 0.143 e. The molecule has 1 aliphatic rings. The third-order valence-corrected chi connectivity index (χ3v) is 11.9. The normalized spacial score (nSPS) is 13.1. The van der Waals surface area contributed by atoms with Gasteiger partial charge >= 0.3 is 0 Å². The number of rotatable bonds is 5. The van der Waals surface area contributed by atoms with Crippen LogP contribution in [-0.2, 0) is 5.41 Å².